The third-order valence-electron chi connectivity index (χ3n) is 2.54. The molecule has 1 heterocycles. The average molecular weight is 227 g/mol. The lowest BCUT2D eigenvalue weighted by atomic mass is 10.2. The van der Waals surface area contributed by atoms with Gasteiger partial charge in [0, 0.05) is 6.07 Å². The molecule has 2 N–H and O–H groups in total. The van der Waals surface area contributed by atoms with Crippen LogP contribution in [0.5, 0.6) is 11.5 Å². The molecule has 3 rings (SSSR count). The number of fused-ring (bicyclic) bond motifs is 1. The minimum Gasteiger partial charge on any atom is -0.508 e. The SMILES string of the molecule is Oc1ccc(O)c(-n2nnc3ccccc32)c1. The van der Waals surface area contributed by atoms with Crippen molar-refractivity contribution in [3.8, 4) is 17.2 Å². The van der Waals surface area contributed by atoms with Gasteiger partial charge in [-0.1, -0.05) is 17.3 Å². The van der Waals surface area contributed by atoms with E-state index < -0.39 is 0 Å². The van der Waals surface area contributed by atoms with Crippen LogP contribution in [0.4, 0.5) is 0 Å². The molecule has 0 fully saturated rings. The predicted octanol–water partition coefficient (Wildman–Crippen LogP) is 1.83. The minimum atomic E-state index is 0.0402. The van der Waals surface area contributed by atoms with E-state index in [9.17, 15) is 10.2 Å². The summed E-state index contributed by atoms with van der Waals surface area (Å²) in [4.78, 5) is 0. The van der Waals surface area contributed by atoms with Gasteiger partial charge in [0.2, 0.25) is 0 Å². The van der Waals surface area contributed by atoms with Crippen molar-refractivity contribution in [3.05, 3.63) is 42.5 Å². The first kappa shape index (κ1) is 9.65. The topological polar surface area (TPSA) is 71.2 Å². The van der Waals surface area contributed by atoms with Crippen molar-refractivity contribution in [1.29, 1.82) is 0 Å². The zero-order valence-electron chi connectivity index (χ0n) is 8.78. The molecule has 0 aliphatic carbocycles. The maximum absolute atomic E-state index is 9.77. The summed E-state index contributed by atoms with van der Waals surface area (Å²) in [6.07, 6.45) is 0. The molecule has 0 amide bonds. The fourth-order valence-electron chi connectivity index (χ4n) is 1.73. The molecule has 1 aromatic heterocycles. The monoisotopic (exact) mass is 227 g/mol. The molecule has 3 aromatic rings. The van der Waals surface area contributed by atoms with E-state index in [0.717, 1.165) is 11.0 Å². The predicted molar refractivity (Wildman–Crippen MR) is 62.2 cm³/mol. The number of hydrogen-bond donors (Lipinski definition) is 2. The number of hydrogen-bond acceptors (Lipinski definition) is 4. The largest absolute Gasteiger partial charge is 0.508 e. The number of benzene rings is 2. The Morgan fingerprint density at radius 3 is 2.71 bits per heavy atom. The van der Waals surface area contributed by atoms with Crippen LogP contribution in [-0.4, -0.2) is 25.2 Å². The number of aromatic nitrogens is 3. The van der Waals surface area contributed by atoms with Crippen LogP contribution >= 0.6 is 0 Å². The molecule has 0 unspecified atom stereocenters. The summed E-state index contributed by atoms with van der Waals surface area (Å²) in [5.74, 6) is 0.107. The summed E-state index contributed by atoms with van der Waals surface area (Å²) >= 11 is 0. The lowest BCUT2D eigenvalue weighted by molar-refractivity contribution is 0.456. The van der Waals surface area contributed by atoms with Gasteiger partial charge in [-0.2, -0.15) is 0 Å². The third kappa shape index (κ3) is 1.48. The van der Waals surface area contributed by atoms with Crippen molar-refractivity contribution in [3.63, 3.8) is 0 Å². The number of phenols is 2. The standard InChI is InChI=1S/C12H9N3O2/c16-8-5-6-12(17)11(7-8)15-10-4-2-1-3-9(10)13-14-15/h1-7,16-17H. The summed E-state index contributed by atoms with van der Waals surface area (Å²) in [5.41, 5.74) is 1.90. The number of rotatable bonds is 1. The summed E-state index contributed by atoms with van der Waals surface area (Å²) in [7, 11) is 0. The quantitative estimate of drug-likeness (QED) is 0.622. The second-order valence-electron chi connectivity index (χ2n) is 3.66. The minimum absolute atomic E-state index is 0.0402. The molecule has 0 saturated heterocycles. The number of aromatic hydroxyl groups is 2. The second-order valence-corrected chi connectivity index (χ2v) is 3.66. The highest BCUT2D eigenvalue weighted by Gasteiger charge is 2.10. The third-order valence-corrected chi connectivity index (χ3v) is 2.54. The molecular formula is C12H9N3O2. The molecule has 2 aromatic carbocycles. The zero-order valence-corrected chi connectivity index (χ0v) is 8.78. The Morgan fingerprint density at radius 2 is 1.82 bits per heavy atom. The van der Waals surface area contributed by atoms with Crippen molar-refractivity contribution >= 4 is 11.0 Å². The summed E-state index contributed by atoms with van der Waals surface area (Å²) in [5, 5.41) is 27.2. The summed E-state index contributed by atoms with van der Waals surface area (Å²) < 4.78 is 1.49. The van der Waals surface area contributed by atoms with Crippen molar-refractivity contribution < 1.29 is 10.2 Å². The zero-order chi connectivity index (χ0) is 11.8. The molecule has 0 spiro atoms. The van der Waals surface area contributed by atoms with Gasteiger partial charge < -0.3 is 10.2 Å². The fourth-order valence-corrected chi connectivity index (χ4v) is 1.73. The average Bonchev–Trinajstić information content (AvgIpc) is 2.76. The van der Waals surface area contributed by atoms with Crippen LogP contribution in [0.15, 0.2) is 42.5 Å². The van der Waals surface area contributed by atoms with E-state index in [2.05, 4.69) is 10.3 Å². The van der Waals surface area contributed by atoms with Gasteiger partial charge in [0.1, 0.15) is 22.7 Å². The van der Waals surface area contributed by atoms with Crippen molar-refractivity contribution in [2.75, 3.05) is 0 Å². The molecule has 0 bridgehead atoms. The van der Waals surface area contributed by atoms with Gasteiger partial charge in [-0.25, -0.2) is 4.68 Å². The van der Waals surface area contributed by atoms with E-state index >= 15 is 0 Å². The molecule has 0 aliphatic rings. The van der Waals surface area contributed by atoms with E-state index in [1.54, 1.807) is 0 Å². The van der Waals surface area contributed by atoms with Crippen LogP contribution in [0.1, 0.15) is 0 Å². The van der Waals surface area contributed by atoms with Crippen molar-refractivity contribution in [1.82, 2.24) is 15.0 Å². The Kier molecular flexibility index (Phi) is 1.98. The van der Waals surface area contributed by atoms with Gasteiger partial charge >= 0.3 is 0 Å². The fraction of sp³-hybridized carbons (Fsp3) is 0. The Hall–Kier alpha value is -2.56. The Morgan fingerprint density at radius 1 is 1.00 bits per heavy atom. The van der Waals surface area contributed by atoms with E-state index in [1.165, 1.54) is 22.9 Å². The van der Waals surface area contributed by atoms with E-state index in [0.29, 0.717) is 5.69 Å². The molecule has 0 radical (unpaired) electrons. The highest BCUT2D eigenvalue weighted by atomic mass is 16.3. The Bertz CT molecular complexity index is 691. The molecule has 5 nitrogen and oxygen atoms in total. The highest BCUT2D eigenvalue weighted by molar-refractivity contribution is 5.76. The number of nitrogens with zero attached hydrogens (tertiary/aromatic N) is 3. The van der Waals surface area contributed by atoms with Crippen LogP contribution in [0, 0.1) is 0 Å². The smallest absolute Gasteiger partial charge is 0.141 e. The van der Waals surface area contributed by atoms with Crippen LogP contribution in [0.2, 0.25) is 0 Å². The van der Waals surface area contributed by atoms with Gasteiger partial charge in [-0.15, -0.1) is 5.10 Å². The van der Waals surface area contributed by atoms with Crippen molar-refractivity contribution in [2.24, 2.45) is 0 Å². The van der Waals surface area contributed by atoms with Gasteiger partial charge in [-0.05, 0) is 24.3 Å². The Labute approximate surface area is 96.6 Å². The van der Waals surface area contributed by atoms with Crippen LogP contribution in [0.3, 0.4) is 0 Å². The molecule has 84 valence electrons. The van der Waals surface area contributed by atoms with Crippen LogP contribution in [0.25, 0.3) is 16.7 Å². The number of phenolic OH excluding ortho intramolecular Hbond substituents is 2. The van der Waals surface area contributed by atoms with E-state index in [4.69, 9.17) is 0 Å². The first-order chi connectivity index (χ1) is 8.25. The van der Waals surface area contributed by atoms with Gasteiger partial charge in [0.25, 0.3) is 0 Å². The molecule has 0 saturated carbocycles. The first-order valence-electron chi connectivity index (χ1n) is 5.08. The van der Waals surface area contributed by atoms with Gasteiger partial charge in [0.15, 0.2) is 0 Å². The van der Waals surface area contributed by atoms with Gasteiger partial charge in [0.05, 0.1) is 5.52 Å². The first-order valence-corrected chi connectivity index (χ1v) is 5.08. The molecule has 17 heavy (non-hydrogen) atoms. The summed E-state index contributed by atoms with van der Waals surface area (Å²) in [6, 6.07) is 11.7. The second kappa shape index (κ2) is 3.48. The lowest BCUT2D eigenvalue weighted by Gasteiger charge is -2.05. The molecule has 0 aliphatic heterocycles. The number of para-hydroxylation sites is 1. The molecule has 5 heteroatoms. The molecule has 0 atom stereocenters. The van der Waals surface area contributed by atoms with E-state index in [-0.39, 0.29) is 11.5 Å². The maximum Gasteiger partial charge on any atom is 0.141 e. The van der Waals surface area contributed by atoms with E-state index in [1.807, 2.05) is 24.3 Å². The maximum atomic E-state index is 9.77. The normalized spacial score (nSPS) is 10.8. The van der Waals surface area contributed by atoms with Crippen LogP contribution < -0.4 is 0 Å². The van der Waals surface area contributed by atoms with Crippen LogP contribution in [-0.2, 0) is 0 Å². The lowest BCUT2D eigenvalue weighted by Crippen LogP contribution is -1.96. The van der Waals surface area contributed by atoms with Gasteiger partial charge in [-0.3, -0.25) is 0 Å². The molecular weight excluding hydrogens is 218 g/mol. The Balaban J connectivity index is 2.31. The highest BCUT2D eigenvalue weighted by Crippen LogP contribution is 2.27. The summed E-state index contributed by atoms with van der Waals surface area (Å²) in [6.45, 7) is 0. The van der Waals surface area contributed by atoms with Crippen molar-refractivity contribution in [2.45, 2.75) is 0 Å².